The third kappa shape index (κ3) is 5.45. The van der Waals surface area contributed by atoms with Gasteiger partial charge in [0.05, 0.1) is 0 Å². The van der Waals surface area contributed by atoms with Crippen LogP contribution in [0.3, 0.4) is 0 Å². The molecule has 2 aromatic heterocycles. The monoisotopic (exact) mass is 767 g/mol. The van der Waals surface area contributed by atoms with Gasteiger partial charge < -0.3 is 0 Å². The highest BCUT2D eigenvalue weighted by molar-refractivity contribution is 7.26. The predicted octanol–water partition coefficient (Wildman–Crippen LogP) is 15.2. The Labute approximate surface area is 344 Å². The van der Waals surface area contributed by atoms with Gasteiger partial charge in [-0.15, -0.1) is 11.3 Å². The SMILES string of the molecule is c1ccc(-c2ccc3ccccc3c2-c2nc(-c3c(-c4cc5ccccc5c5ccccc45)ccc4ccccc34)nc(-c3cccc4c3sc3ccccc34)n2)cc1. The molecule has 0 radical (unpaired) electrons. The molecule has 59 heavy (non-hydrogen) atoms. The number of hydrogen-bond acceptors (Lipinski definition) is 4. The highest BCUT2D eigenvalue weighted by atomic mass is 32.1. The van der Waals surface area contributed by atoms with E-state index in [2.05, 4.69) is 200 Å². The van der Waals surface area contributed by atoms with Gasteiger partial charge in [-0.3, -0.25) is 0 Å². The van der Waals surface area contributed by atoms with Crippen LogP contribution in [0.2, 0.25) is 0 Å². The lowest BCUT2D eigenvalue weighted by molar-refractivity contribution is 1.08. The van der Waals surface area contributed by atoms with Gasteiger partial charge in [0.1, 0.15) is 0 Å². The fourth-order valence-electron chi connectivity index (χ4n) is 9.03. The molecular formula is C55H33N3S. The number of thiophene rings is 1. The van der Waals surface area contributed by atoms with Crippen molar-refractivity contribution in [2.45, 2.75) is 0 Å². The van der Waals surface area contributed by atoms with Crippen molar-refractivity contribution in [1.29, 1.82) is 0 Å². The van der Waals surface area contributed by atoms with Gasteiger partial charge in [-0.2, -0.15) is 0 Å². The minimum absolute atomic E-state index is 0.638. The molecule has 0 aliphatic rings. The average Bonchev–Trinajstić information content (AvgIpc) is 3.70. The molecule has 0 N–H and O–H groups in total. The van der Waals surface area contributed by atoms with E-state index < -0.39 is 0 Å². The van der Waals surface area contributed by atoms with E-state index in [1.54, 1.807) is 11.3 Å². The van der Waals surface area contributed by atoms with Crippen molar-refractivity contribution in [1.82, 2.24) is 15.0 Å². The third-order valence-corrected chi connectivity index (χ3v) is 12.9. The van der Waals surface area contributed by atoms with E-state index in [0.717, 1.165) is 65.2 Å². The summed E-state index contributed by atoms with van der Waals surface area (Å²) in [7, 11) is 0. The minimum atomic E-state index is 0.638. The summed E-state index contributed by atoms with van der Waals surface area (Å²) in [6, 6.07) is 71.6. The first kappa shape index (κ1) is 33.6. The summed E-state index contributed by atoms with van der Waals surface area (Å²) in [6.07, 6.45) is 0. The smallest absolute Gasteiger partial charge is 0.165 e. The van der Waals surface area contributed by atoms with Gasteiger partial charge in [-0.1, -0.05) is 182 Å². The van der Waals surface area contributed by atoms with Crippen LogP contribution in [0.5, 0.6) is 0 Å². The van der Waals surface area contributed by atoms with E-state index in [4.69, 9.17) is 15.0 Å². The van der Waals surface area contributed by atoms with E-state index >= 15 is 0 Å². The van der Waals surface area contributed by atoms with E-state index in [0.29, 0.717) is 17.5 Å². The zero-order valence-corrected chi connectivity index (χ0v) is 32.6. The molecule has 0 amide bonds. The summed E-state index contributed by atoms with van der Waals surface area (Å²) < 4.78 is 2.40. The Kier molecular flexibility index (Phi) is 7.72. The molecule has 3 nitrogen and oxygen atoms in total. The number of aromatic nitrogens is 3. The molecule has 10 aromatic carbocycles. The molecule has 0 unspecified atom stereocenters. The van der Waals surface area contributed by atoms with Crippen LogP contribution >= 0.6 is 11.3 Å². The Balaban J connectivity index is 1.23. The minimum Gasteiger partial charge on any atom is -0.208 e. The maximum absolute atomic E-state index is 5.62. The fourth-order valence-corrected chi connectivity index (χ4v) is 10.2. The van der Waals surface area contributed by atoms with Crippen LogP contribution in [-0.2, 0) is 0 Å². The van der Waals surface area contributed by atoms with Crippen LogP contribution in [0.4, 0.5) is 0 Å². The Morgan fingerprint density at radius 2 is 0.814 bits per heavy atom. The quantitative estimate of drug-likeness (QED) is 0.164. The van der Waals surface area contributed by atoms with Crippen LogP contribution in [0.15, 0.2) is 200 Å². The molecule has 0 bridgehead atoms. The predicted molar refractivity (Wildman–Crippen MR) is 250 cm³/mol. The molecule has 12 rings (SSSR count). The van der Waals surface area contributed by atoms with Crippen molar-refractivity contribution in [3.63, 3.8) is 0 Å². The second kappa shape index (κ2) is 13.6. The molecule has 12 aromatic rings. The van der Waals surface area contributed by atoms with E-state index in [9.17, 15) is 0 Å². The molecule has 0 aliphatic carbocycles. The molecule has 0 fully saturated rings. The van der Waals surface area contributed by atoms with Gasteiger partial charge >= 0.3 is 0 Å². The Morgan fingerprint density at radius 1 is 0.288 bits per heavy atom. The van der Waals surface area contributed by atoms with Gasteiger partial charge in [-0.25, -0.2) is 15.0 Å². The summed E-state index contributed by atoms with van der Waals surface area (Å²) in [4.78, 5) is 16.7. The summed E-state index contributed by atoms with van der Waals surface area (Å²) in [5.74, 6) is 1.93. The Hall–Kier alpha value is -7.53. The van der Waals surface area contributed by atoms with Crippen LogP contribution in [0.25, 0.3) is 120 Å². The van der Waals surface area contributed by atoms with Crippen LogP contribution in [-0.4, -0.2) is 15.0 Å². The summed E-state index contributed by atoms with van der Waals surface area (Å²) >= 11 is 1.79. The van der Waals surface area contributed by atoms with Crippen molar-refractivity contribution in [2.75, 3.05) is 0 Å². The molecule has 274 valence electrons. The fraction of sp³-hybridized carbons (Fsp3) is 0. The average molecular weight is 768 g/mol. The van der Waals surface area contributed by atoms with Crippen molar-refractivity contribution < 1.29 is 0 Å². The molecule has 0 atom stereocenters. The van der Waals surface area contributed by atoms with Crippen molar-refractivity contribution in [3.05, 3.63) is 200 Å². The third-order valence-electron chi connectivity index (χ3n) is 11.7. The van der Waals surface area contributed by atoms with Crippen LogP contribution in [0, 0.1) is 0 Å². The highest BCUT2D eigenvalue weighted by Crippen LogP contribution is 2.45. The highest BCUT2D eigenvalue weighted by Gasteiger charge is 2.24. The molecular weight excluding hydrogens is 735 g/mol. The normalized spacial score (nSPS) is 11.7. The molecule has 0 saturated carbocycles. The zero-order valence-electron chi connectivity index (χ0n) is 31.8. The Bertz CT molecular complexity index is 3620. The summed E-state index contributed by atoms with van der Waals surface area (Å²) in [5.41, 5.74) is 7.37. The molecule has 2 heterocycles. The van der Waals surface area contributed by atoms with Gasteiger partial charge in [-0.05, 0) is 83.5 Å². The second-order valence-electron chi connectivity index (χ2n) is 15.1. The van der Waals surface area contributed by atoms with Gasteiger partial charge in [0, 0.05) is 36.9 Å². The lowest BCUT2D eigenvalue weighted by atomic mass is 9.88. The van der Waals surface area contributed by atoms with Crippen LogP contribution in [0.1, 0.15) is 0 Å². The first-order chi connectivity index (χ1) is 29.3. The number of fused-ring (bicyclic) bond motifs is 8. The maximum Gasteiger partial charge on any atom is 0.165 e. The molecule has 4 heteroatoms. The molecule has 0 aliphatic heterocycles. The summed E-state index contributed by atoms with van der Waals surface area (Å²) in [5, 5.41) is 11.7. The van der Waals surface area contributed by atoms with Crippen LogP contribution < -0.4 is 0 Å². The van der Waals surface area contributed by atoms with E-state index in [1.807, 2.05) is 0 Å². The first-order valence-corrected chi connectivity index (χ1v) is 20.8. The number of rotatable bonds is 5. The van der Waals surface area contributed by atoms with Crippen molar-refractivity contribution in [3.8, 4) is 56.4 Å². The lowest BCUT2D eigenvalue weighted by Gasteiger charge is -2.18. The number of hydrogen-bond donors (Lipinski definition) is 0. The Morgan fingerprint density at radius 3 is 1.54 bits per heavy atom. The lowest BCUT2D eigenvalue weighted by Crippen LogP contribution is -2.03. The maximum atomic E-state index is 5.62. The van der Waals surface area contributed by atoms with E-state index in [-0.39, 0.29) is 0 Å². The molecule has 0 saturated heterocycles. The largest absolute Gasteiger partial charge is 0.208 e. The topological polar surface area (TPSA) is 38.7 Å². The van der Waals surface area contributed by atoms with Gasteiger partial charge in [0.15, 0.2) is 17.5 Å². The molecule has 0 spiro atoms. The van der Waals surface area contributed by atoms with E-state index in [1.165, 1.54) is 37.0 Å². The van der Waals surface area contributed by atoms with Gasteiger partial charge in [0.25, 0.3) is 0 Å². The standard InChI is InChI=1S/C55H33N3S/c1-2-15-34(16-3-1)41-31-29-35-17-4-8-21-39(35)50(41)54-56-53(47-27-14-26-46-44-25-12-13-28-49(44)59-52(46)47)57-55(58-54)51-40-22-9-5-18-36(40)30-32-45(51)48-33-37-19-6-7-20-38(37)42-23-10-11-24-43(42)48/h1-33H. The zero-order chi connectivity index (χ0) is 38.9. The number of nitrogens with zero attached hydrogens (tertiary/aromatic N) is 3. The number of benzene rings is 10. The van der Waals surface area contributed by atoms with Crippen molar-refractivity contribution >= 4 is 74.6 Å². The second-order valence-corrected chi connectivity index (χ2v) is 16.1. The van der Waals surface area contributed by atoms with Crippen molar-refractivity contribution in [2.24, 2.45) is 0 Å². The van der Waals surface area contributed by atoms with Gasteiger partial charge in [0.2, 0.25) is 0 Å². The summed E-state index contributed by atoms with van der Waals surface area (Å²) in [6.45, 7) is 0. The first-order valence-electron chi connectivity index (χ1n) is 19.9.